The Bertz CT molecular complexity index is 1670. The summed E-state index contributed by atoms with van der Waals surface area (Å²) in [6.07, 6.45) is 1.53. The Labute approximate surface area is 202 Å². The number of amidine groups is 1. The van der Waals surface area contributed by atoms with Gasteiger partial charge < -0.3 is 10.4 Å². The van der Waals surface area contributed by atoms with Gasteiger partial charge in [0.05, 0.1) is 17.6 Å². The molecule has 2 aromatic heterocycles. The second-order valence-electron chi connectivity index (χ2n) is 9.48. The first-order valence-electron chi connectivity index (χ1n) is 11.1. The van der Waals surface area contributed by atoms with E-state index in [1.165, 1.54) is 10.8 Å². The van der Waals surface area contributed by atoms with Gasteiger partial charge in [0.15, 0.2) is 5.84 Å². The van der Waals surface area contributed by atoms with Gasteiger partial charge in [0, 0.05) is 6.20 Å². The Kier molecular flexibility index (Phi) is 5.25. The quantitative estimate of drug-likeness (QED) is 0.451. The van der Waals surface area contributed by atoms with Gasteiger partial charge in [-0.2, -0.15) is 8.42 Å². The van der Waals surface area contributed by atoms with Gasteiger partial charge in [0.2, 0.25) is 0 Å². The molecule has 4 aromatic rings. The van der Waals surface area contributed by atoms with Crippen LogP contribution in [0.25, 0.3) is 11.0 Å². The van der Waals surface area contributed by atoms with Crippen molar-refractivity contribution in [1.82, 2.24) is 9.55 Å². The lowest BCUT2D eigenvalue weighted by Gasteiger charge is -2.24. The van der Waals surface area contributed by atoms with Crippen molar-refractivity contribution in [2.45, 2.75) is 37.6 Å². The first-order chi connectivity index (χ1) is 16.6. The van der Waals surface area contributed by atoms with Crippen LogP contribution in [0.5, 0.6) is 5.75 Å². The van der Waals surface area contributed by atoms with E-state index in [9.17, 15) is 18.3 Å². The minimum atomic E-state index is -4.13. The summed E-state index contributed by atoms with van der Waals surface area (Å²) in [5.41, 5.74) is 1.18. The summed E-state index contributed by atoms with van der Waals surface area (Å²) in [6.45, 7) is 6.15. The lowest BCUT2D eigenvalue weighted by molar-refractivity contribution is 0.477. The number of pyridine rings is 2. The number of nitrogens with zero attached hydrogens (tertiary/aromatic N) is 3. The minimum Gasteiger partial charge on any atom is -0.506 e. The van der Waals surface area contributed by atoms with Gasteiger partial charge in [-0.1, -0.05) is 57.2 Å². The van der Waals surface area contributed by atoms with Crippen molar-refractivity contribution < 1.29 is 13.5 Å². The molecule has 0 saturated heterocycles. The molecule has 0 aliphatic carbocycles. The largest absolute Gasteiger partial charge is 0.506 e. The van der Waals surface area contributed by atoms with Crippen molar-refractivity contribution in [2.24, 2.45) is 4.40 Å². The molecule has 1 aliphatic heterocycles. The fraction of sp³-hybridized carbons (Fsp3) is 0.192. The lowest BCUT2D eigenvalue weighted by Crippen LogP contribution is -2.33. The highest BCUT2D eigenvalue weighted by atomic mass is 32.2. The fourth-order valence-electron chi connectivity index (χ4n) is 4.12. The van der Waals surface area contributed by atoms with Crippen LogP contribution in [0, 0.1) is 0 Å². The summed E-state index contributed by atoms with van der Waals surface area (Å²) in [5, 5.41) is 14.3. The van der Waals surface area contributed by atoms with Crippen LogP contribution >= 0.6 is 0 Å². The van der Waals surface area contributed by atoms with Crippen molar-refractivity contribution in [2.75, 3.05) is 5.32 Å². The van der Waals surface area contributed by atoms with Crippen molar-refractivity contribution in [3.8, 4) is 5.75 Å². The van der Waals surface area contributed by atoms with E-state index < -0.39 is 15.6 Å². The van der Waals surface area contributed by atoms with E-state index >= 15 is 0 Å². The first kappa shape index (κ1) is 22.8. The minimum absolute atomic E-state index is 0.0280. The third-order valence-electron chi connectivity index (χ3n) is 6.00. The second kappa shape index (κ2) is 8.06. The maximum absolute atomic E-state index is 13.7. The summed E-state index contributed by atoms with van der Waals surface area (Å²) in [4.78, 5) is 18.0. The number of anilines is 1. The van der Waals surface area contributed by atoms with E-state index in [2.05, 4.69) is 14.7 Å². The molecule has 0 bridgehead atoms. The average Bonchev–Trinajstić information content (AvgIpc) is 2.81. The number of fused-ring (bicyclic) bond motifs is 2. The number of rotatable bonds is 3. The van der Waals surface area contributed by atoms with Crippen molar-refractivity contribution in [3.05, 3.63) is 93.9 Å². The summed E-state index contributed by atoms with van der Waals surface area (Å²) >= 11 is 0. The SMILES string of the molecule is CC(C)(C)c1ccc2c(c1)S(=O)(=O)N=C(c1c(O)c3cccnc3n(Cc3ccccc3)c1=O)N2. The molecule has 8 nitrogen and oxygen atoms in total. The zero-order valence-electron chi connectivity index (χ0n) is 19.5. The zero-order valence-corrected chi connectivity index (χ0v) is 20.3. The molecule has 0 spiro atoms. The number of hydrogen-bond donors (Lipinski definition) is 2. The highest BCUT2D eigenvalue weighted by Gasteiger charge is 2.31. The predicted molar refractivity (Wildman–Crippen MR) is 136 cm³/mol. The van der Waals surface area contributed by atoms with Crippen LogP contribution in [-0.4, -0.2) is 28.9 Å². The molecular weight excluding hydrogens is 464 g/mol. The lowest BCUT2D eigenvalue weighted by atomic mass is 9.87. The number of benzene rings is 2. The summed E-state index contributed by atoms with van der Waals surface area (Å²) in [7, 11) is -4.13. The van der Waals surface area contributed by atoms with Gasteiger partial charge in [-0.25, -0.2) is 4.98 Å². The van der Waals surface area contributed by atoms with Crippen LogP contribution in [0.3, 0.4) is 0 Å². The molecule has 0 atom stereocenters. The van der Waals surface area contributed by atoms with E-state index in [1.807, 2.05) is 57.2 Å². The third-order valence-corrected chi connectivity index (χ3v) is 7.32. The van der Waals surface area contributed by atoms with E-state index in [0.717, 1.165) is 11.1 Å². The Morgan fingerprint density at radius 2 is 1.77 bits per heavy atom. The molecule has 3 heterocycles. The molecule has 1 aliphatic rings. The van der Waals surface area contributed by atoms with Gasteiger partial charge in [0.1, 0.15) is 21.9 Å². The van der Waals surface area contributed by atoms with Gasteiger partial charge >= 0.3 is 0 Å². The highest BCUT2D eigenvalue weighted by molar-refractivity contribution is 7.90. The molecule has 2 aromatic carbocycles. The van der Waals surface area contributed by atoms with E-state index in [0.29, 0.717) is 11.1 Å². The first-order valence-corrected chi connectivity index (χ1v) is 12.5. The van der Waals surface area contributed by atoms with Gasteiger partial charge in [0.25, 0.3) is 15.6 Å². The Morgan fingerprint density at radius 3 is 2.49 bits per heavy atom. The van der Waals surface area contributed by atoms with Gasteiger partial charge in [-0.3, -0.25) is 9.36 Å². The van der Waals surface area contributed by atoms with Gasteiger partial charge in [-0.15, -0.1) is 4.40 Å². The van der Waals surface area contributed by atoms with E-state index in [4.69, 9.17) is 0 Å². The highest BCUT2D eigenvalue weighted by Crippen LogP contribution is 2.35. The molecule has 2 N–H and O–H groups in total. The van der Waals surface area contributed by atoms with Crippen molar-refractivity contribution in [3.63, 3.8) is 0 Å². The third kappa shape index (κ3) is 3.97. The Morgan fingerprint density at radius 1 is 1.03 bits per heavy atom. The topological polar surface area (TPSA) is 114 Å². The molecule has 5 rings (SSSR count). The fourth-order valence-corrected chi connectivity index (χ4v) is 5.27. The number of aromatic hydroxyl groups is 1. The van der Waals surface area contributed by atoms with E-state index in [1.54, 1.807) is 24.3 Å². The van der Waals surface area contributed by atoms with Crippen LogP contribution in [0.1, 0.15) is 37.5 Å². The van der Waals surface area contributed by atoms with Crippen LogP contribution in [-0.2, 0) is 22.0 Å². The summed E-state index contributed by atoms with van der Waals surface area (Å²) in [5.74, 6) is -0.602. The Balaban J connectivity index is 1.72. The standard InChI is InChI=1S/C26H24N4O4S/c1-26(2,3)17-11-12-19-20(14-17)35(33,34)29-23(28-19)21-22(31)18-10-7-13-27-24(18)30(25(21)32)15-16-8-5-4-6-9-16/h4-14,31H,15H2,1-3H3,(H,28,29). The number of aromatic nitrogens is 2. The molecule has 0 fully saturated rings. The summed E-state index contributed by atoms with van der Waals surface area (Å²) < 4.78 is 31.7. The second-order valence-corrected chi connectivity index (χ2v) is 11.0. The molecule has 9 heteroatoms. The molecule has 0 saturated carbocycles. The van der Waals surface area contributed by atoms with Gasteiger partial charge in [-0.05, 0) is 40.8 Å². The maximum Gasteiger partial charge on any atom is 0.286 e. The normalized spacial score (nSPS) is 14.8. The van der Waals surface area contributed by atoms with Crippen molar-refractivity contribution >= 4 is 32.6 Å². The number of sulfonamides is 1. The molecule has 0 radical (unpaired) electrons. The molecule has 0 amide bonds. The van der Waals surface area contributed by atoms with Crippen LogP contribution in [0.15, 0.2) is 80.9 Å². The van der Waals surface area contributed by atoms with Crippen LogP contribution in [0.2, 0.25) is 0 Å². The molecule has 0 unspecified atom stereocenters. The number of hydrogen-bond acceptors (Lipinski definition) is 6. The molecule has 35 heavy (non-hydrogen) atoms. The maximum atomic E-state index is 13.7. The molecular formula is C26H24N4O4S. The Hall–Kier alpha value is -3.98. The predicted octanol–water partition coefficient (Wildman–Crippen LogP) is 4.01. The smallest absolute Gasteiger partial charge is 0.286 e. The van der Waals surface area contributed by atoms with E-state index in [-0.39, 0.29) is 39.7 Å². The monoisotopic (exact) mass is 488 g/mol. The molecule has 178 valence electrons. The number of nitrogens with one attached hydrogen (secondary N) is 1. The zero-order chi connectivity index (χ0) is 25.0. The van der Waals surface area contributed by atoms with Crippen molar-refractivity contribution in [1.29, 1.82) is 0 Å². The van der Waals surface area contributed by atoms with Crippen LogP contribution in [0.4, 0.5) is 5.69 Å². The average molecular weight is 489 g/mol. The van der Waals surface area contributed by atoms with Crippen LogP contribution < -0.4 is 10.9 Å². The summed E-state index contributed by atoms with van der Waals surface area (Å²) in [6, 6.07) is 17.7.